The van der Waals surface area contributed by atoms with Gasteiger partial charge in [0.1, 0.15) is 0 Å². The third kappa shape index (κ3) is 9.89. The van der Waals surface area contributed by atoms with E-state index in [0.29, 0.717) is 0 Å². The van der Waals surface area contributed by atoms with Gasteiger partial charge in [-0.25, -0.2) is 0 Å². The summed E-state index contributed by atoms with van der Waals surface area (Å²) >= 11 is 17.2. The summed E-state index contributed by atoms with van der Waals surface area (Å²) in [7, 11) is -3.16. The van der Waals surface area contributed by atoms with Gasteiger partial charge in [-0.2, -0.15) is 0 Å². The molecule has 0 bridgehead atoms. The first-order chi connectivity index (χ1) is 8.58. The highest BCUT2D eigenvalue weighted by atomic mass is 35.5. The summed E-state index contributed by atoms with van der Waals surface area (Å²) in [6.07, 6.45) is 4.31. The second-order valence-corrected chi connectivity index (χ2v) is 7.41. The molecule has 18 heavy (non-hydrogen) atoms. The Hall–Kier alpha value is 1.02. The summed E-state index contributed by atoms with van der Waals surface area (Å²) in [5, 5.41) is -0.201. The highest BCUT2D eigenvalue weighted by molar-refractivity contribution is 7.54. The van der Waals surface area contributed by atoms with Crippen LogP contribution in [-0.4, -0.2) is 36.5 Å². The molecule has 0 aromatic carbocycles. The molecule has 0 radical (unpaired) electrons. The lowest BCUT2D eigenvalue weighted by Gasteiger charge is -2.20. The Labute approximate surface area is 125 Å². The number of hydrogen-bond acceptors (Lipinski definition) is 3. The molecule has 0 N–H and O–H groups in total. The van der Waals surface area contributed by atoms with Gasteiger partial charge in [-0.05, 0) is 6.42 Å². The molecule has 0 aliphatic rings. The zero-order chi connectivity index (χ0) is 13.9. The molecular formula is C11H22Cl3O3P. The van der Waals surface area contributed by atoms with Crippen molar-refractivity contribution >= 4 is 42.4 Å². The molecule has 0 aromatic heterocycles. The fourth-order valence-corrected chi connectivity index (χ4v) is 4.16. The number of alkyl halides is 3. The summed E-state index contributed by atoms with van der Waals surface area (Å²) in [5.74, 6) is 0.550. The first-order valence-electron chi connectivity index (χ1n) is 6.22. The maximum absolute atomic E-state index is 12.3. The predicted molar refractivity (Wildman–Crippen MR) is 79.6 cm³/mol. The molecular weight excluding hydrogens is 317 g/mol. The minimum absolute atomic E-state index is 0.194. The first kappa shape index (κ1) is 19.0. The average Bonchev–Trinajstić information content (AvgIpc) is 2.34. The van der Waals surface area contributed by atoms with Crippen molar-refractivity contribution in [1.82, 2.24) is 0 Å². The number of halogens is 3. The zero-order valence-corrected chi connectivity index (χ0v) is 13.9. The van der Waals surface area contributed by atoms with E-state index < -0.39 is 7.60 Å². The Kier molecular flexibility index (Phi) is 12.5. The van der Waals surface area contributed by atoms with Crippen molar-refractivity contribution in [2.45, 2.75) is 38.0 Å². The van der Waals surface area contributed by atoms with Crippen molar-refractivity contribution in [2.75, 3.05) is 31.1 Å². The van der Waals surface area contributed by atoms with Crippen LogP contribution in [0.3, 0.4) is 0 Å². The van der Waals surface area contributed by atoms with Crippen LogP contribution in [0.15, 0.2) is 0 Å². The molecule has 0 aliphatic carbocycles. The molecule has 0 aromatic rings. The van der Waals surface area contributed by atoms with Crippen LogP contribution >= 0.6 is 42.4 Å². The Morgan fingerprint density at radius 2 is 1.67 bits per heavy atom. The molecule has 0 aliphatic heterocycles. The van der Waals surface area contributed by atoms with Gasteiger partial charge in [0.2, 0.25) is 0 Å². The van der Waals surface area contributed by atoms with Crippen molar-refractivity contribution in [2.24, 2.45) is 0 Å². The van der Waals surface area contributed by atoms with Gasteiger partial charge in [0.15, 0.2) is 0 Å². The van der Waals surface area contributed by atoms with Gasteiger partial charge in [-0.15, -0.1) is 34.8 Å². The normalized spacial score (nSPS) is 13.8. The van der Waals surface area contributed by atoms with Crippen molar-refractivity contribution in [3.63, 3.8) is 0 Å². The second-order valence-electron chi connectivity index (χ2n) is 3.93. The van der Waals surface area contributed by atoms with Gasteiger partial charge in [0, 0.05) is 17.1 Å². The van der Waals surface area contributed by atoms with E-state index in [1.54, 1.807) is 0 Å². The van der Waals surface area contributed by atoms with Crippen LogP contribution in [0.2, 0.25) is 0 Å². The fourth-order valence-electron chi connectivity index (χ4n) is 1.44. The molecule has 1 unspecified atom stereocenters. The lowest BCUT2D eigenvalue weighted by molar-refractivity contribution is 0.221. The van der Waals surface area contributed by atoms with E-state index in [4.69, 9.17) is 43.9 Å². The Bertz CT molecular complexity index is 230. The topological polar surface area (TPSA) is 35.5 Å². The average molecular weight is 340 g/mol. The van der Waals surface area contributed by atoms with Crippen LogP contribution in [-0.2, 0) is 13.6 Å². The summed E-state index contributed by atoms with van der Waals surface area (Å²) in [6.45, 7) is 2.51. The fraction of sp³-hybridized carbons (Fsp3) is 1.00. The van der Waals surface area contributed by atoms with Crippen LogP contribution in [0.1, 0.15) is 32.6 Å². The summed E-state index contributed by atoms with van der Waals surface area (Å²) in [5.41, 5.74) is 0. The van der Waals surface area contributed by atoms with Crippen LogP contribution in [0.4, 0.5) is 0 Å². The largest absolute Gasteiger partial charge is 0.332 e. The van der Waals surface area contributed by atoms with Crippen LogP contribution in [0, 0.1) is 0 Å². The Morgan fingerprint density at radius 1 is 1.11 bits per heavy atom. The minimum atomic E-state index is -3.16. The molecule has 0 saturated carbocycles. The molecule has 0 saturated heterocycles. The zero-order valence-electron chi connectivity index (χ0n) is 10.7. The van der Waals surface area contributed by atoms with Gasteiger partial charge >= 0.3 is 7.60 Å². The lowest BCUT2D eigenvalue weighted by Crippen LogP contribution is -2.12. The molecule has 3 nitrogen and oxygen atoms in total. The summed E-state index contributed by atoms with van der Waals surface area (Å²) < 4.78 is 22.8. The van der Waals surface area contributed by atoms with Gasteiger partial charge in [-0.3, -0.25) is 4.57 Å². The molecule has 110 valence electrons. The second kappa shape index (κ2) is 11.8. The first-order valence-corrected chi connectivity index (χ1v) is 9.45. The van der Waals surface area contributed by atoms with Gasteiger partial charge < -0.3 is 9.05 Å². The molecule has 0 amide bonds. The van der Waals surface area contributed by atoms with Gasteiger partial charge in [-0.1, -0.05) is 26.2 Å². The highest BCUT2D eigenvalue weighted by Gasteiger charge is 2.28. The van der Waals surface area contributed by atoms with Crippen LogP contribution in [0.25, 0.3) is 0 Å². The molecule has 1 atom stereocenters. The molecule has 7 heteroatoms. The third-order valence-electron chi connectivity index (χ3n) is 2.27. The van der Waals surface area contributed by atoms with E-state index in [2.05, 4.69) is 6.92 Å². The van der Waals surface area contributed by atoms with Crippen LogP contribution < -0.4 is 0 Å². The minimum Gasteiger partial charge on any atom is -0.307 e. The standard InChI is InChI=1S/C11H22Cl3O3P/c1-2-3-4-5-11(14)10-18(15,16-8-6-12)17-9-7-13/h11H,2-10H2,1H3. The van der Waals surface area contributed by atoms with E-state index in [-0.39, 0.29) is 36.5 Å². The monoisotopic (exact) mass is 338 g/mol. The van der Waals surface area contributed by atoms with E-state index >= 15 is 0 Å². The van der Waals surface area contributed by atoms with Gasteiger partial charge in [0.25, 0.3) is 0 Å². The highest BCUT2D eigenvalue weighted by Crippen LogP contribution is 2.49. The van der Waals surface area contributed by atoms with Crippen LogP contribution in [0.5, 0.6) is 0 Å². The van der Waals surface area contributed by atoms with E-state index in [1.165, 1.54) is 0 Å². The predicted octanol–water partition coefficient (Wildman–Crippen LogP) is 4.88. The molecule has 0 fully saturated rings. The summed E-state index contributed by atoms with van der Waals surface area (Å²) in [4.78, 5) is 0. The van der Waals surface area contributed by atoms with Crippen molar-refractivity contribution in [3.05, 3.63) is 0 Å². The molecule has 0 heterocycles. The van der Waals surface area contributed by atoms with E-state index in [1.807, 2.05) is 0 Å². The SMILES string of the molecule is CCCCCC(Cl)CP(=O)(OCCCl)OCCCl. The maximum Gasteiger partial charge on any atom is 0.332 e. The number of hydrogen-bond donors (Lipinski definition) is 0. The Balaban J connectivity index is 4.15. The number of rotatable bonds is 12. The maximum atomic E-state index is 12.3. The smallest absolute Gasteiger partial charge is 0.307 e. The van der Waals surface area contributed by atoms with Crippen molar-refractivity contribution in [3.8, 4) is 0 Å². The van der Waals surface area contributed by atoms with Crippen molar-refractivity contribution in [1.29, 1.82) is 0 Å². The summed E-state index contributed by atoms with van der Waals surface area (Å²) in [6, 6.07) is 0. The third-order valence-corrected chi connectivity index (χ3v) is 5.21. The number of unbranched alkanes of at least 4 members (excludes halogenated alkanes) is 2. The molecule has 0 rings (SSSR count). The van der Waals surface area contributed by atoms with Gasteiger partial charge in [0.05, 0.1) is 19.4 Å². The van der Waals surface area contributed by atoms with E-state index in [9.17, 15) is 4.57 Å². The lowest BCUT2D eigenvalue weighted by atomic mass is 10.2. The van der Waals surface area contributed by atoms with E-state index in [0.717, 1.165) is 25.7 Å². The quantitative estimate of drug-likeness (QED) is 0.289. The Morgan fingerprint density at radius 3 is 2.11 bits per heavy atom. The van der Waals surface area contributed by atoms with Crippen molar-refractivity contribution < 1.29 is 13.6 Å². The molecule has 0 spiro atoms.